The van der Waals surface area contributed by atoms with Gasteiger partial charge in [0.2, 0.25) is 41.4 Å². The molecule has 34 heteroatoms. The Hall–Kier alpha value is -10.7. The van der Waals surface area contributed by atoms with Gasteiger partial charge in [-0.25, -0.2) is 19.2 Å². The number of ether oxygens (including phenoxy) is 10. The number of aliphatic hydroxyl groups is 1. The summed E-state index contributed by atoms with van der Waals surface area (Å²) in [6.07, 6.45) is -0.111. The van der Waals surface area contributed by atoms with Crippen molar-refractivity contribution in [3.63, 3.8) is 0 Å². The summed E-state index contributed by atoms with van der Waals surface area (Å²) in [5, 5.41) is 39.7. The predicted molar refractivity (Wildman–Crippen MR) is 447 cm³/mol. The van der Waals surface area contributed by atoms with E-state index in [2.05, 4.69) is 49.1 Å². The Morgan fingerprint density at radius 3 is 2.12 bits per heavy atom. The normalized spacial score (nSPS) is 20.7. The van der Waals surface area contributed by atoms with Gasteiger partial charge >= 0.3 is 24.2 Å². The van der Waals surface area contributed by atoms with Gasteiger partial charge in [-0.1, -0.05) is 117 Å². The summed E-state index contributed by atoms with van der Waals surface area (Å²) in [7, 11) is 5.87. The van der Waals surface area contributed by atoms with Gasteiger partial charge in [-0.05, 0) is 118 Å². The summed E-state index contributed by atoms with van der Waals surface area (Å²) >= 11 is 6.85. The molecule has 4 heterocycles. The van der Waals surface area contributed by atoms with Crippen LogP contribution in [0.25, 0.3) is 0 Å². The first kappa shape index (κ1) is 95.8. The summed E-state index contributed by atoms with van der Waals surface area (Å²) in [6, 6.07) is 21.8. The number of esters is 1. The third-order valence-electron chi connectivity index (χ3n) is 21.2. The van der Waals surface area contributed by atoms with Gasteiger partial charge in [-0.3, -0.25) is 38.9 Å². The van der Waals surface area contributed by atoms with E-state index < -0.39 is 120 Å². The number of anilines is 3. The second-order valence-electron chi connectivity index (χ2n) is 30.6. The number of fused-ring (bicyclic) bond motifs is 7. The van der Waals surface area contributed by atoms with Gasteiger partial charge in [0.25, 0.3) is 0 Å². The van der Waals surface area contributed by atoms with Crippen LogP contribution in [0.5, 0.6) is 5.75 Å². The highest BCUT2D eigenvalue weighted by Crippen LogP contribution is 2.49. The molecule has 4 aromatic rings. The molecule has 2 saturated heterocycles. The van der Waals surface area contributed by atoms with Crippen molar-refractivity contribution in [1.29, 1.82) is 0 Å². The molecule has 33 nitrogen and oxygen atoms in total. The van der Waals surface area contributed by atoms with Crippen LogP contribution in [-0.4, -0.2) is 235 Å². The third kappa shape index (κ3) is 29.3. The van der Waals surface area contributed by atoms with Crippen molar-refractivity contribution < 1.29 is 110 Å². The topological polar surface area (TPSA) is 418 Å². The van der Waals surface area contributed by atoms with Crippen molar-refractivity contribution in [1.82, 2.24) is 36.8 Å². The van der Waals surface area contributed by atoms with Gasteiger partial charge in [0.05, 0.1) is 90.4 Å². The maximum absolute atomic E-state index is 14.5. The molecule has 10 atom stereocenters. The number of alkyl carbamates (subject to hydrolysis) is 2. The van der Waals surface area contributed by atoms with Gasteiger partial charge in [0.1, 0.15) is 59.4 Å². The number of hydrogen-bond donors (Lipinski definition) is 9. The molecule has 658 valence electrons. The molecule has 9 N–H and O–H groups in total. The number of amides is 10. The average molecular weight is 1700 g/mol. The van der Waals surface area contributed by atoms with Crippen LogP contribution in [0, 0.1) is 23.7 Å². The first-order valence-electron chi connectivity index (χ1n) is 40.7. The number of rotatable bonds is 41. The number of unbranched alkanes of at least 4 members (excludes halogenated alkanes) is 2. The van der Waals surface area contributed by atoms with E-state index in [0.29, 0.717) is 67.2 Å². The van der Waals surface area contributed by atoms with Crippen LogP contribution in [-0.2, 0) is 101 Å². The van der Waals surface area contributed by atoms with Gasteiger partial charge in [0.15, 0.2) is 5.72 Å². The number of carboxylic acid groups (broad SMARTS) is 1. The number of epoxide rings is 1. The maximum atomic E-state index is 14.5. The summed E-state index contributed by atoms with van der Waals surface area (Å²) in [6.45, 7) is 12.8. The number of nitrogens with zero attached hydrogens (tertiary/aromatic N) is 3. The van der Waals surface area contributed by atoms with E-state index >= 15 is 0 Å². The number of likely N-dealkylation sites (N-methyl/N-ethyl adjacent to an activating group) is 1. The van der Waals surface area contributed by atoms with Crippen LogP contribution in [0.2, 0.25) is 5.02 Å². The zero-order chi connectivity index (χ0) is 87.8. The number of para-hydroxylation sites is 1. The van der Waals surface area contributed by atoms with E-state index in [1.165, 1.54) is 38.0 Å². The van der Waals surface area contributed by atoms with E-state index in [1.54, 1.807) is 88.2 Å². The first-order valence-corrected chi connectivity index (χ1v) is 41.1. The number of nitrogens with one attached hydrogen (secondary N) is 7. The number of methoxy groups -OCH3 is 2. The van der Waals surface area contributed by atoms with Crippen LogP contribution < -0.4 is 51.8 Å². The number of carbonyl (C=O) groups is 11. The molecule has 0 radical (unpaired) electrons. The number of carbonyl (C=O) groups excluding carboxylic acids is 10. The molecule has 10 amide bonds. The van der Waals surface area contributed by atoms with E-state index in [1.807, 2.05) is 61.5 Å². The fraction of sp³-hybridized carbons (Fsp3) is 0.529. The Balaban J connectivity index is 0.691. The number of benzene rings is 4. The highest BCUT2D eigenvalue weighted by atomic mass is 35.5. The van der Waals surface area contributed by atoms with Crippen LogP contribution in [0.15, 0.2) is 109 Å². The standard InChI is InChI=1S/C87H115ClN10O23/c1-55(2)78(94-73(100)36-40-114-42-44-116-46-47-117-45-43-115-41-39-89-72(99)34-35-75(102)98-53-63-23-14-13-21-61(63)30-31-62-22-15-16-25-66(62)98)81(105)93-65(24-19-38-90-83(107)108)80(104)92-64-32-28-59(29-33-64)54-118-84(109)91-37-17-11-12-27-74(101)96(7)58(5)82(106)120-71-51-76(103)97(8)67-49-60(50-68(112-9)77(67)88)48-56(3)20-18-26-70(113-10)87(111)52-69(119-85(110)95-87)57(4)79-86(71,6)121-79/h13-16,18,20-23,25-26,28-29,32-33,49-50,55,57-58,65,69-71,78-79,90,111H,11-12,17,19,24,27,34-48,51-54H2,1-10H3,(H,89,99)(H,91,109)(H,92,104)(H,93,105)(H,94,100)(H,95,110)(H,107,108)/b26-18+,56-20+/t57-,58+,65+,69+,70-,71+,78+,79+,86+,87+/m1/s1. The molecule has 0 aromatic heterocycles. The summed E-state index contributed by atoms with van der Waals surface area (Å²) < 4.78 is 57.3. The Morgan fingerprint density at radius 2 is 1.42 bits per heavy atom. The van der Waals surface area contributed by atoms with Crippen LogP contribution in [0.1, 0.15) is 140 Å². The lowest BCUT2D eigenvalue weighted by Gasteiger charge is -2.42. The Kier molecular flexibility index (Phi) is 37.6. The molecule has 121 heavy (non-hydrogen) atoms. The lowest BCUT2D eigenvalue weighted by molar-refractivity contribution is -0.162. The van der Waals surface area contributed by atoms with Crippen molar-refractivity contribution in [3.8, 4) is 17.6 Å². The Labute approximate surface area is 710 Å². The molecular weight excluding hydrogens is 1590 g/mol. The SMILES string of the molecule is COc1cc2cc(c1Cl)N(C)C(=O)C[C@H](OC(=O)[C@H](C)N(C)C(=O)CCCCCNC(=O)OCc1ccc(NC(=O)[C@H](CCCNC(=O)O)NC(=O)[C@@H](NC(=O)CCOCCOCCOCCOCCNC(=O)CCC(=O)N3Cc4ccccc4C#Cc4ccccc43)C(C)C)cc1)[C@]1(C)O[C@H]1[C@H](C)[C@@H]1C[C@@](O)(NC(=O)O1)[C@H](OC)/C=C/C=C(\C)C2. The molecule has 4 aromatic carbocycles. The molecule has 0 aliphatic carbocycles. The van der Waals surface area contributed by atoms with Crippen molar-refractivity contribution >= 4 is 94.3 Å². The van der Waals surface area contributed by atoms with Crippen LogP contribution in [0.3, 0.4) is 0 Å². The van der Waals surface area contributed by atoms with Gasteiger partial charge < -0.3 is 104 Å². The summed E-state index contributed by atoms with van der Waals surface area (Å²) in [4.78, 5) is 150. The van der Waals surface area contributed by atoms with E-state index in [-0.39, 0.29) is 140 Å². The smallest absolute Gasteiger partial charge is 0.409 e. The predicted octanol–water partition coefficient (Wildman–Crippen LogP) is 7.91. The number of allylic oxidation sites excluding steroid dienone is 3. The highest BCUT2D eigenvalue weighted by molar-refractivity contribution is 6.35. The van der Waals surface area contributed by atoms with Crippen molar-refractivity contribution in [2.45, 2.75) is 186 Å². The van der Waals surface area contributed by atoms with E-state index in [9.17, 15) is 57.8 Å². The first-order chi connectivity index (χ1) is 57.9. The fourth-order valence-electron chi connectivity index (χ4n) is 13.9. The molecular formula is C87H115ClN10O23. The minimum atomic E-state index is -1.90. The minimum absolute atomic E-state index is 0.00867. The van der Waals surface area contributed by atoms with Gasteiger partial charge in [-0.15, -0.1) is 0 Å². The molecule has 4 aliphatic heterocycles. The second-order valence-corrected chi connectivity index (χ2v) is 31.0. The maximum Gasteiger partial charge on any atom is 0.409 e. The van der Waals surface area contributed by atoms with Crippen LogP contribution in [0.4, 0.5) is 31.4 Å². The van der Waals surface area contributed by atoms with Crippen LogP contribution >= 0.6 is 11.6 Å². The number of halogens is 1. The molecule has 2 fully saturated rings. The summed E-state index contributed by atoms with van der Waals surface area (Å²) in [5.74, 6) is 1.82. The van der Waals surface area contributed by atoms with Crippen molar-refractivity contribution in [2.24, 2.45) is 11.8 Å². The van der Waals surface area contributed by atoms with Gasteiger partial charge in [-0.2, -0.15) is 0 Å². The van der Waals surface area contributed by atoms with Crippen molar-refractivity contribution in [3.05, 3.63) is 142 Å². The molecule has 0 unspecified atom stereocenters. The quantitative estimate of drug-likeness (QED) is 0.00669. The van der Waals surface area contributed by atoms with E-state index in [0.717, 1.165) is 27.8 Å². The molecule has 4 aliphatic rings. The molecule has 0 spiro atoms. The monoisotopic (exact) mass is 1700 g/mol. The zero-order valence-electron chi connectivity index (χ0n) is 70.4. The average Bonchev–Trinajstić information content (AvgIpc) is 1.57. The molecule has 8 rings (SSSR count). The lowest BCUT2D eigenvalue weighted by Crippen LogP contribution is -2.63. The lowest BCUT2D eigenvalue weighted by atomic mass is 9.83. The Morgan fingerprint density at radius 1 is 0.752 bits per heavy atom. The summed E-state index contributed by atoms with van der Waals surface area (Å²) in [5.41, 5.74) is 2.89. The van der Waals surface area contributed by atoms with Crippen molar-refractivity contribution in [2.75, 3.05) is 116 Å². The van der Waals surface area contributed by atoms with E-state index in [4.69, 9.17) is 64.1 Å². The molecule has 0 saturated carbocycles. The minimum Gasteiger partial charge on any atom is -0.495 e. The van der Waals surface area contributed by atoms with Gasteiger partial charge in [0, 0.05) is 95.7 Å². The zero-order valence-corrected chi connectivity index (χ0v) is 71.1. The molecule has 4 bridgehead atoms. The second kappa shape index (κ2) is 47.5. The third-order valence-corrected chi connectivity index (χ3v) is 21.6. The number of hydrogen-bond acceptors (Lipinski definition) is 22. The largest absolute Gasteiger partial charge is 0.495 e. The Bertz CT molecular complexity index is 4360. The fourth-order valence-corrected chi connectivity index (χ4v) is 14.2. The highest BCUT2D eigenvalue weighted by Gasteiger charge is 2.64.